The zero-order chi connectivity index (χ0) is 21.7. The Bertz CT molecular complexity index is 1310. The van der Waals surface area contributed by atoms with Crippen molar-refractivity contribution in [3.8, 4) is 0 Å². The number of benzene rings is 3. The van der Waals surface area contributed by atoms with E-state index in [0.717, 1.165) is 16.5 Å². The van der Waals surface area contributed by atoms with E-state index in [9.17, 15) is 0 Å². The zero-order valence-corrected chi connectivity index (χ0v) is 16.7. The van der Waals surface area contributed by atoms with Crippen molar-refractivity contribution in [2.75, 3.05) is 11.5 Å². The van der Waals surface area contributed by atoms with Gasteiger partial charge in [-0.3, -0.25) is 0 Å². The summed E-state index contributed by atoms with van der Waals surface area (Å²) < 4.78 is 0. The van der Waals surface area contributed by atoms with Gasteiger partial charge in [-0.25, -0.2) is 4.98 Å². The third kappa shape index (κ3) is 4.21. The molecule has 0 aliphatic carbocycles. The number of nitrogen functional groups attached to an aromatic ring is 2. The average molecular weight is 400 g/mol. The lowest BCUT2D eigenvalue weighted by Gasteiger charge is -2.03. The van der Waals surface area contributed by atoms with Crippen LogP contribution in [0, 0.1) is 6.92 Å². The van der Waals surface area contributed by atoms with Crippen molar-refractivity contribution in [2.24, 2.45) is 5.73 Å². The van der Waals surface area contributed by atoms with E-state index in [1.165, 1.54) is 27.4 Å². The summed E-state index contributed by atoms with van der Waals surface area (Å²) >= 11 is 0. The molecule has 0 spiro atoms. The molecule has 152 valence electrons. The first-order valence-electron chi connectivity index (χ1n) is 9.33. The molecule has 0 aliphatic rings. The average Bonchev–Trinajstić information content (AvgIpc) is 3.16. The summed E-state index contributed by atoms with van der Waals surface area (Å²) in [4.78, 5) is 19.3. The zero-order valence-electron chi connectivity index (χ0n) is 16.7. The summed E-state index contributed by atoms with van der Waals surface area (Å²) in [5.74, 6) is 0.584. The molecule has 3 aromatic carbocycles. The van der Waals surface area contributed by atoms with E-state index >= 15 is 0 Å². The number of fused-ring (bicyclic) bond motifs is 4. The lowest BCUT2D eigenvalue weighted by atomic mass is 10.1. The second kappa shape index (κ2) is 9.02. The Morgan fingerprint density at radius 2 is 1.67 bits per heavy atom. The predicted octanol–water partition coefficient (Wildman–Crippen LogP) is 3.70. The van der Waals surface area contributed by atoms with E-state index in [0.29, 0.717) is 12.4 Å². The number of hydrogen-bond donors (Lipinski definition) is 4. The molecule has 0 unspecified atom stereocenters. The molecular formula is C23H24N6O. The van der Waals surface area contributed by atoms with Crippen molar-refractivity contribution < 1.29 is 4.79 Å². The van der Waals surface area contributed by atoms with Crippen LogP contribution >= 0.6 is 0 Å². The fourth-order valence-corrected chi connectivity index (χ4v) is 3.37. The van der Waals surface area contributed by atoms with Gasteiger partial charge in [-0.1, -0.05) is 36.4 Å². The van der Waals surface area contributed by atoms with E-state index in [2.05, 4.69) is 64.3 Å². The first kappa shape index (κ1) is 20.8. The van der Waals surface area contributed by atoms with Crippen LogP contribution in [0.1, 0.15) is 11.3 Å². The Morgan fingerprint density at radius 3 is 2.43 bits per heavy atom. The van der Waals surface area contributed by atoms with E-state index in [1.54, 1.807) is 0 Å². The quantitative estimate of drug-likeness (QED) is 0.339. The van der Waals surface area contributed by atoms with Crippen LogP contribution in [0.2, 0.25) is 0 Å². The van der Waals surface area contributed by atoms with Gasteiger partial charge in [-0.2, -0.15) is 4.98 Å². The van der Waals surface area contributed by atoms with Crippen LogP contribution < -0.4 is 17.2 Å². The summed E-state index contributed by atoms with van der Waals surface area (Å²) in [7, 11) is 0. The molecule has 30 heavy (non-hydrogen) atoms. The van der Waals surface area contributed by atoms with E-state index in [4.69, 9.17) is 22.0 Å². The van der Waals surface area contributed by atoms with Gasteiger partial charge in [0, 0.05) is 28.5 Å². The Balaban J connectivity index is 0.000000158. The van der Waals surface area contributed by atoms with Crippen molar-refractivity contribution in [1.29, 1.82) is 0 Å². The molecule has 5 aromatic rings. The fraction of sp³-hybridized carbons (Fsp3) is 0.0870. The van der Waals surface area contributed by atoms with Crippen molar-refractivity contribution >= 4 is 51.1 Å². The highest BCUT2D eigenvalue weighted by molar-refractivity contribution is 6.06. The number of H-pyrrole nitrogens is 1. The monoisotopic (exact) mass is 400 g/mol. The van der Waals surface area contributed by atoms with E-state index in [1.807, 2.05) is 25.0 Å². The van der Waals surface area contributed by atoms with Gasteiger partial charge in [-0.05, 0) is 47.5 Å². The number of nitrogens with two attached hydrogens (primary N) is 3. The minimum absolute atomic E-state index is 0.184. The molecule has 7 N–H and O–H groups in total. The molecule has 0 radical (unpaired) electrons. The molecule has 0 fully saturated rings. The predicted molar refractivity (Wildman–Crippen MR) is 124 cm³/mol. The molecule has 7 heteroatoms. The van der Waals surface area contributed by atoms with Gasteiger partial charge in [-0.15, -0.1) is 0 Å². The van der Waals surface area contributed by atoms with Crippen molar-refractivity contribution in [3.63, 3.8) is 0 Å². The lowest BCUT2D eigenvalue weighted by molar-refractivity contribution is -0.0979. The third-order valence-electron chi connectivity index (χ3n) is 4.71. The Labute approximate surface area is 173 Å². The van der Waals surface area contributed by atoms with Gasteiger partial charge in [0.25, 0.3) is 0 Å². The first-order valence-corrected chi connectivity index (χ1v) is 9.33. The summed E-state index contributed by atoms with van der Waals surface area (Å²) in [6.07, 6.45) is 0. The molecule has 2 heterocycles. The maximum Gasteiger partial charge on any atom is 0.222 e. The molecular weight excluding hydrogens is 376 g/mol. The molecule has 7 nitrogen and oxygen atoms in total. The number of rotatable bonds is 1. The van der Waals surface area contributed by atoms with Crippen molar-refractivity contribution in [1.82, 2.24) is 15.0 Å². The first-order chi connectivity index (χ1) is 14.5. The highest BCUT2D eigenvalue weighted by Crippen LogP contribution is 2.25. The molecule has 0 saturated heterocycles. The standard InChI is InChI=1S/C13H11N.C9H11N5.CH2O/c1-9-8-12-11-5-3-2-4-10(11)6-7-13(12)14-9;10-4-5-1-2-6-7(3-5)13-9(12)14-8(6)11;1-2/h2-8,14H,1H3;1-3H,4,10H2,(H4,11,12,13,14);1H2. The van der Waals surface area contributed by atoms with Gasteiger partial charge in [0.15, 0.2) is 0 Å². The van der Waals surface area contributed by atoms with E-state index in [-0.39, 0.29) is 5.95 Å². The van der Waals surface area contributed by atoms with Crippen LogP contribution in [-0.2, 0) is 11.3 Å². The molecule has 0 amide bonds. The second-order valence-electron chi connectivity index (χ2n) is 6.72. The molecule has 0 aliphatic heterocycles. The number of carbonyl (C=O) groups excluding carboxylic acids is 1. The minimum Gasteiger partial charge on any atom is -0.383 e. The summed E-state index contributed by atoms with van der Waals surface area (Å²) in [6, 6.07) is 20.6. The van der Waals surface area contributed by atoms with Gasteiger partial charge in [0.05, 0.1) is 5.52 Å². The van der Waals surface area contributed by atoms with Gasteiger partial charge in [0.1, 0.15) is 12.6 Å². The van der Waals surface area contributed by atoms with E-state index < -0.39 is 0 Å². The second-order valence-corrected chi connectivity index (χ2v) is 6.72. The van der Waals surface area contributed by atoms with Gasteiger partial charge < -0.3 is 27.0 Å². The number of nitrogens with one attached hydrogen (secondary N) is 1. The lowest BCUT2D eigenvalue weighted by Crippen LogP contribution is -2.02. The third-order valence-corrected chi connectivity index (χ3v) is 4.71. The maximum absolute atomic E-state index is 8.00. The maximum atomic E-state index is 8.00. The fourth-order valence-electron chi connectivity index (χ4n) is 3.37. The molecule has 5 rings (SSSR count). The highest BCUT2D eigenvalue weighted by Gasteiger charge is 2.03. The van der Waals surface area contributed by atoms with Crippen LogP contribution in [-0.4, -0.2) is 21.7 Å². The number of carbonyl (C=O) groups is 1. The number of aryl methyl sites for hydroxylation is 1. The highest BCUT2D eigenvalue weighted by atomic mass is 16.1. The van der Waals surface area contributed by atoms with Gasteiger partial charge >= 0.3 is 0 Å². The Morgan fingerprint density at radius 1 is 0.900 bits per heavy atom. The van der Waals surface area contributed by atoms with Crippen molar-refractivity contribution in [2.45, 2.75) is 13.5 Å². The molecule has 0 bridgehead atoms. The Hall–Kier alpha value is -3.97. The van der Waals surface area contributed by atoms with Gasteiger partial charge in [0.2, 0.25) is 5.95 Å². The SMILES string of the molecule is C=O.Cc1cc2c(ccc3ccccc32)[nH]1.NCc1ccc2c(N)nc(N)nc2c1. The topological polar surface area (TPSA) is 137 Å². The largest absolute Gasteiger partial charge is 0.383 e. The molecule has 0 atom stereocenters. The van der Waals surface area contributed by atoms with Crippen LogP contribution in [0.25, 0.3) is 32.6 Å². The van der Waals surface area contributed by atoms with Crippen molar-refractivity contribution in [3.05, 3.63) is 71.9 Å². The summed E-state index contributed by atoms with van der Waals surface area (Å²) in [5, 5.41) is 4.75. The number of aromatic nitrogens is 3. The number of aromatic amines is 1. The van der Waals surface area contributed by atoms with Crippen LogP contribution in [0.3, 0.4) is 0 Å². The van der Waals surface area contributed by atoms with Crippen LogP contribution in [0.15, 0.2) is 60.7 Å². The molecule has 2 aromatic heterocycles. The van der Waals surface area contributed by atoms with Crippen LogP contribution in [0.4, 0.5) is 11.8 Å². The number of hydrogen-bond acceptors (Lipinski definition) is 6. The smallest absolute Gasteiger partial charge is 0.222 e. The number of nitrogens with zero attached hydrogens (tertiary/aromatic N) is 2. The summed E-state index contributed by atoms with van der Waals surface area (Å²) in [5.41, 5.74) is 20.9. The Kier molecular flexibility index (Phi) is 6.24. The summed E-state index contributed by atoms with van der Waals surface area (Å²) in [6.45, 7) is 4.56. The molecule has 0 saturated carbocycles. The van der Waals surface area contributed by atoms with Crippen LogP contribution in [0.5, 0.6) is 0 Å². The number of anilines is 2. The minimum atomic E-state index is 0.184. The normalized spacial score (nSPS) is 10.3.